The highest BCUT2D eigenvalue weighted by Crippen LogP contribution is 2.32. The molecule has 3 heteroatoms. The third-order valence-corrected chi connectivity index (χ3v) is 5.28. The van der Waals surface area contributed by atoms with Crippen molar-refractivity contribution in [1.29, 1.82) is 0 Å². The molecule has 1 saturated carbocycles. The molecule has 0 atom stereocenters. The van der Waals surface area contributed by atoms with Crippen LogP contribution in [0.15, 0.2) is 24.3 Å². The fourth-order valence-electron chi connectivity index (χ4n) is 3.72. The Morgan fingerprint density at radius 2 is 1.73 bits per heavy atom. The predicted molar refractivity (Wildman–Crippen MR) is 89.8 cm³/mol. The first-order valence-corrected chi connectivity index (χ1v) is 8.77. The molecule has 0 unspecified atom stereocenters. The van der Waals surface area contributed by atoms with Crippen LogP contribution in [0.1, 0.15) is 55.6 Å². The minimum Gasteiger partial charge on any atom is -0.344 e. The maximum atomic E-state index is 11.7. The predicted octanol–water partition coefficient (Wildman–Crippen LogP) is 3.40. The van der Waals surface area contributed by atoms with Gasteiger partial charge in [-0.25, -0.2) is 0 Å². The van der Waals surface area contributed by atoms with E-state index in [1.807, 2.05) is 11.9 Å². The molecule has 1 aliphatic heterocycles. The number of likely N-dealkylation sites (N-methyl/N-ethyl adjacent to an activating group) is 1. The lowest BCUT2D eigenvalue weighted by Crippen LogP contribution is -2.29. The largest absolute Gasteiger partial charge is 0.344 e. The monoisotopic (exact) mass is 300 g/mol. The lowest BCUT2D eigenvalue weighted by molar-refractivity contribution is -0.129. The SMILES string of the molecule is CN1CCN(Cc2ccc(C3CCCCC3)cc2)CCC1=O. The van der Waals surface area contributed by atoms with Crippen LogP contribution in [0.5, 0.6) is 0 Å². The number of carbonyl (C=O) groups excluding carboxylic acids is 1. The first-order chi connectivity index (χ1) is 10.7. The Bertz CT molecular complexity index is 491. The Morgan fingerprint density at radius 1 is 1.00 bits per heavy atom. The van der Waals surface area contributed by atoms with Gasteiger partial charge in [-0.3, -0.25) is 9.69 Å². The van der Waals surface area contributed by atoms with Crippen LogP contribution in [0.25, 0.3) is 0 Å². The third-order valence-electron chi connectivity index (χ3n) is 5.28. The summed E-state index contributed by atoms with van der Waals surface area (Å²) in [5, 5.41) is 0. The van der Waals surface area contributed by atoms with Gasteiger partial charge >= 0.3 is 0 Å². The number of nitrogens with zero attached hydrogens (tertiary/aromatic N) is 2. The molecule has 0 aromatic heterocycles. The summed E-state index contributed by atoms with van der Waals surface area (Å²) in [4.78, 5) is 16.0. The van der Waals surface area contributed by atoms with Crippen molar-refractivity contribution in [2.75, 3.05) is 26.7 Å². The van der Waals surface area contributed by atoms with Crippen molar-refractivity contribution in [3.63, 3.8) is 0 Å². The number of hydrogen-bond donors (Lipinski definition) is 0. The van der Waals surface area contributed by atoms with Gasteiger partial charge in [-0.15, -0.1) is 0 Å². The van der Waals surface area contributed by atoms with Crippen LogP contribution in [0.3, 0.4) is 0 Å². The molecule has 1 saturated heterocycles. The van der Waals surface area contributed by atoms with E-state index in [2.05, 4.69) is 29.2 Å². The van der Waals surface area contributed by atoms with Crippen LogP contribution in [0.2, 0.25) is 0 Å². The summed E-state index contributed by atoms with van der Waals surface area (Å²) >= 11 is 0. The van der Waals surface area contributed by atoms with Gasteiger partial charge < -0.3 is 4.90 Å². The second-order valence-electron chi connectivity index (χ2n) is 6.92. The van der Waals surface area contributed by atoms with Crippen LogP contribution in [0, 0.1) is 0 Å². The highest BCUT2D eigenvalue weighted by Gasteiger charge is 2.18. The molecule has 120 valence electrons. The lowest BCUT2D eigenvalue weighted by atomic mass is 9.84. The van der Waals surface area contributed by atoms with Gasteiger partial charge in [0.15, 0.2) is 0 Å². The molecular weight excluding hydrogens is 272 g/mol. The van der Waals surface area contributed by atoms with Gasteiger partial charge in [0.1, 0.15) is 0 Å². The van der Waals surface area contributed by atoms with Gasteiger partial charge in [0.05, 0.1) is 0 Å². The molecule has 1 amide bonds. The van der Waals surface area contributed by atoms with Crippen LogP contribution in [-0.2, 0) is 11.3 Å². The lowest BCUT2D eigenvalue weighted by Gasteiger charge is -2.23. The molecule has 0 radical (unpaired) electrons. The zero-order valence-electron chi connectivity index (χ0n) is 13.8. The van der Waals surface area contributed by atoms with E-state index in [1.165, 1.54) is 43.2 Å². The summed E-state index contributed by atoms with van der Waals surface area (Å²) < 4.78 is 0. The summed E-state index contributed by atoms with van der Waals surface area (Å²) in [5.74, 6) is 1.06. The van der Waals surface area contributed by atoms with Crippen molar-refractivity contribution >= 4 is 5.91 Å². The quantitative estimate of drug-likeness (QED) is 0.854. The van der Waals surface area contributed by atoms with E-state index >= 15 is 0 Å². The molecule has 0 bridgehead atoms. The molecule has 1 aromatic carbocycles. The Hall–Kier alpha value is -1.35. The standard InChI is InChI=1S/C19H28N2O/c1-20-13-14-21(12-11-19(20)22)15-16-7-9-18(10-8-16)17-5-3-2-4-6-17/h7-10,17H,2-6,11-15H2,1H3. The van der Waals surface area contributed by atoms with E-state index in [-0.39, 0.29) is 5.91 Å². The highest BCUT2D eigenvalue weighted by atomic mass is 16.2. The molecule has 0 N–H and O–H groups in total. The van der Waals surface area contributed by atoms with Gasteiger partial charge in [0, 0.05) is 39.6 Å². The van der Waals surface area contributed by atoms with Crippen LogP contribution in [-0.4, -0.2) is 42.4 Å². The maximum Gasteiger partial charge on any atom is 0.223 e. The van der Waals surface area contributed by atoms with Gasteiger partial charge in [-0.1, -0.05) is 43.5 Å². The average Bonchev–Trinajstić information content (AvgIpc) is 2.72. The molecule has 2 aliphatic rings. The molecule has 22 heavy (non-hydrogen) atoms. The fraction of sp³-hybridized carbons (Fsp3) is 0.632. The van der Waals surface area contributed by atoms with Gasteiger partial charge in [-0.05, 0) is 29.9 Å². The Balaban J connectivity index is 1.57. The smallest absolute Gasteiger partial charge is 0.223 e. The molecular formula is C19H28N2O. The maximum absolute atomic E-state index is 11.7. The first kappa shape index (κ1) is 15.5. The second kappa shape index (κ2) is 7.28. The Morgan fingerprint density at radius 3 is 2.45 bits per heavy atom. The zero-order chi connectivity index (χ0) is 15.4. The molecule has 1 aromatic rings. The van der Waals surface area contributed by atoms with E-state index in [9.17, 15) is 4.79 Å². The van der Waals surface area contributed by atoms with Crippen molar-refractivity contribution in [3.8, 4) is 0 Å². The molecule has 1 aliphatic carbocycles. The number of hydrogen-bond acceptors (Lipinski definition) is 2. The molecule has 1 heterocycles. The van der Waals surface area contributed by atoms with Gasteiger partial charge in [0.25, 0.3) is 0 Å². The first-order valence-electron chi connectivity index (χ1n) is 8.77. The number of carbonyl (C=O) groups is 1. The van der Waals surface area contributed by atoms with E-state index in [0.29, 0.717) is 6.42 Å². The number of benzene rings is 1. The fourth-order valence-corrected chi connectivity index (χ4v) is 3.72. The van der Waals surface area contributed by atoms with E-state index in [0.717, 1.165) is 32.1 Å². The van der Waals surface area contributed by atoms with Gasteiger partial charge in [0.2, 0.25) is 5.91 Å². The van der Waals surface area contributed by atoms with Crippen LogP contribution >= 0.6 is 0 Å². The summed E-state index contributed by atoms with van der Waals surface area (Å²) in [7, 11) is 1.91. The normalized spacial score (nSPS) is 21.9. The second-order valence-corrected chi connectivity index (χ2v) is 6.92. The van der Waals surface area contributed by atoms with E-state index in [4.69, 9.17) is 0 Å². The summed E-state index contributed by atoms with van der Waals surface area (Å²) in [6.07, 6.45) is 7.57. The third kappa shape index (κ3) is 3.89. The van der Waals surface area contributed by atoms with Crippen LogP contribution in [0.4, 0.5) is 0 Å². The average molecular weight is 300 g/mol. The number of amides is 1. The van der Waals surface area contributed by atoms with E-state index in [1.54, 1.807) is 0 Å². The Labute approximate surface area is 134 Å². The molecule has 3 rings (SSSR count). The minimum atomic E-state index is 0.273. The zero-order valence-corrected chi connectivity index (χ0v) is 13.8. The van der Waals surface area contributed by atoms with Gasteiger partial charge in [-0.2, -0.15) is 0 Å². The topological polar surface area (TPSA) is 23.6 Å². The van der Waals surface area contributed by atoms with Crippen LogP contribution < -0.4 is 0 Å². The van der Waals surface area contributed by atoms with Crippen molar-refractivity contribution < 1.29 is 4.79 Å². The molecule has 2 fully saturated rings. The molecule has 0 spiro atoms. The summed E-state index contributed by atoms with van der Waals surface area (Å²) in [5.41, 5.74) is 2.89. The Kier molecular flexibility index (Phi) is 5.14. The highest BCUT2D eigenvalue weighted by molar-refractivity contribution is 5.76. The summed E-state index contributed by atoms with van der Waals surface area (Å²) in [6.45, 7) is 3.67. The number of rotatable bonds is 3. The van der Waals surface area contributed by atoms with Crippen molar-refractivity contribution in [2.24, 2.45) is 0 Å². The molecule has 3 nitrogen and oxygen atoms in total. The minimum absolute atomic E-state index is 0.273. The van der Waals surface area contributed by atoms with E-state index < -0.39 is 0 Å². The summed E-state index contributed by atoms with van der Waals surface area (Å²) in [6, 6.07) is 9.25. The van der Waals surface area contributed by atoms with Crippen molar-refractivity contribution in [1.82, 2.24) is 9.80 Å². The van der Waals surface area contributed by atoms with Crippen molar-refractivity contribution in [3.05, 3.63) is 35.4 Å². The van der Waals surface area contributed by atoms with Crippen molar-refractivity contribution in [2.45, 2.75) is 51.0 Å².